The summed E-state index contributed by atoms with van der Waals surface area (Å²) >= 11 is 1.31. The van der Waals surface area contributed by atoms with Crippen molar-refractivity contribution in [1.82, 2.24) is 14.9 Å². The largest absolute Gasteiger partial charge is 0.353 e. The lowest BCUT2D eigenvalue weighted by molar-refractivity contribution is -0.119. The molecule has 0 spiro atoms. The Balaban J connectivity index is 1.56. The average molecular weight is 433 g/mol. The summed E-state index contributed by atoms with van der Waals surface area (Å²) in [6, 6.07) is 14.8. The van der Waals surface area contributed by atoms with Gasteiger partial charge in [-0.05, 0) is 43.5 Å². The van der Waals surface area contributed by atoms with E-state index in [9.17, 15) is 13.2 Å². The highest BCUT2D eigenvalue weighted by molar-refractivity contribution is 7.99. The van der Waals surface area contributed by atoms with Crippen LogP contribution in [0.3, 0.4) is 0 Å². The van der Waals surface area contributed by atoms with Crippen LogP contribution in [0.1, 0.15) is 18.9 Å². The molecule has 9 heteroatoms. The molecule has 0 bridgehead atoms. The number of primary sulfonamides is 1. The van der Waals surface area contributed by atoms with Gasteiger partial charge in [-0.1, -0.05) is 42.1 Å². The van der Waals surface area contributed by atoms with Crippen molar-refractivity contribution < 1.29 is 13.2 Å². The summed E-state index contributed by atoms with van der Waals surface area (Å²) in [6.45, 7) is 2.00. The van der Waals surface area contributed by atoms with Gasteiger partial charge >= 0.3 is 0 Å². The number of nitrogens with one attached hydrogen (secondary N) is 1. The van der Waals surface area contributed by atoms with Crippen LogP contribution in [-0.4, -0.2) is 35.7 Å². The van der Waals surface area contributed by atoms with Gasteiger partial charge in [0.1, 0.15) is 0 Å². The van der Waals surface area contributed by atoms with E-state index < -0.39 is 10.0 Å². The molecule has 3 rings (SSSR count). The number of nitrogens with two attached hydrogens (primary N) is 1. The van der Waals surface area contributed by atoms with Gasteiger partial charge in [0.05, 0.1) is 21.7 Å². The highest BCUT2D eigenvalue weighted by atomic mass is 32.2. The molecule has 3 N–H and O–H groups in total. The Morgan fingerprint density at radius 2 is 1.97 bits per heavy atom. The van der Waals surface area contributed by atoms with Gasteiger partial charge in [-0.25, -0.2) is 18.5 Å². The lowest BCUT2D eigenvalue weighted by Gasteiger charge is -2.13. The van der Waals surface area contributed by atoms with Crippen LogP contribution < -0.4 is 10.5 Å². The van der Waals surface area contributed by atoms with E-state index in [0.29, 0.717) is 10.7 Å². The first-order chi connectivity index (χ1) is 13.7. The molecule has 2 aromatic carbocycles. The van der Waals surface area contributed by atoms with Crippen LogP contribution in [0.2, 0.25) is 0 Å². The number of hydrogen-bond acceptors (Lipinski definition) is 5. The zero-order valence-electron chi connectivity index (χ0n) is 16.3. The maximum atomic E-state index is 12.3. The fraction of sp³-hybridized carbons (Fsp3) is 0.300. The molecule has 1 atom stereocenters. The molecule has 0 fully saturated rings. The molecule has 0 saturated heterocycles. The number of thioether (sulfide) groups is 1. The summed E-state index contributed by atoms with van der Waals surface area (Å²) in [4.78, 5) is 16.7. The molecule has 0 radical (unpaired) electrons. The Labute approximate surface area is 174 Å². The van der Waals surface area contributed by atoms with Gasteiger partial charge in [0.15, 0.2) is 5.16 Å². The Kier molecular flexibility index (Phi) is 6.61. The van der Waals surface area contributed by atoms with E-state index in [4.69, 9.17) is 5.14 Å². The third-order valence-electron chi connectivity index (χ3n) is 4.59. The van der Waals surface area contributed by atoms with E-state index in [1.165, 1.54) is 29.5 Å². The number of aromatic nitrogens is 2. The smallest absolute Gasteiger partial charge is 0.238 e. The number of nitrogens with zero attached hydrogens (tertiary/aromatic N) is 2. The van der Waals surface area contributed by atoms with Crippen LogP contribution in [0.25, 0.3) is 11.0 Å². The SMILES string of the molecule is CC(CCc1ccccc1)NC(=O)CSc1nc2cc(S(N)(=O)=O)ccc2n1C. The quantitative estimate of drug-likeness (QED) is 0.532. The lowest BCUT2D eigenvalue weighted by atomic mass is 10.1. The van der Waals surface area contributed by atoms with Crippen molar-refractivity contribution in [2.24, 2.45) is 12.2 Å². The van der Waals surface area contributed by atoms with Gasteiger partial charge in [-0.15, -0.1) is 0 Å². The van der Waals surface area contributed by atoms with Gasteiger partial charge in [0.25, 0.3) is 0 Å². The first kappa shape index (κ1) is 21.4. The van der Waals surface area contributed by atoms with Crippen molar-refractivity contribution in [3.05, 3.63) is 54.1 Å². The van der Waals surface area contributed by atoms with E-state index in [1.807, 2.05) is 36.7 Å². The predicted molar refractivity (Wildman–Crippen MR) is 115 cm³/mol. The molecule has 7 nitrogen and oxygen atoms in total. The Morgan fingerprint density at radius 1 is 1.24 bits per heavy atom. The second-order valence-corrected chi connectivity index (χ2v) is 9.43. The van der Waals surface area contributed by atoms with Crippen molar-refractivity contribution in [1.29, 1.82) is 0 Å². The van der Waals surface area contributed by atoms with E-state index in [1.54, 1.807) is 6.07 Å². The van der Waals surface area contributed by atoms with Crippen LogP contribution in [0.4, 0.5) is 0 Å². The van der Waals surface area contributed by atoms with Crippen LogP contribution in [0, 0.1) is 0 Å². The van der Waals surface area contributed by atoms with Crippen molar-refractivity contribution in [2.45, 2.75) is 35.9 Å². The zero-order chi connectivity index (χ0) is 21.0. The topological polar surface area (TPSA) is 107 Å². The second-order valence-electron chi connectivity index (χ2n) is 6.93. The van der Waals surface area contributed by atoms with E-state index in [2.05, 4.69) is 22.4 Å². The Hall–Kier alpha value is -2.36. The number of carbonyl (C=O) groups is 1. The predicted octanol–water partition coefficient (Wildman–Crippen LogP) is 2.45. The third kappa shape index (κ3) is 5.59. The molecule has 29 heavy (non-hydrogen) atoms. The maximum Gasteiger partial charge on any atom is 0.238 e. The van der Waals surface area contributed by atoms with E-state index in [0.717, 1.165) is 18.4 Å². The van der Waals surface area contributed by atoms with E-state index >= 15 is 0 Å². The third-order valence-corrected chi connectivity index (χ3v) is 6.53. The highest BCUT2D eigenvalue weighted by Gasteiger charge is 2.15. The average Bonchev–Trinajstić information content (AvgIpc) is 3.00. The number of fused-ring (bicyclic) bond motifs is 1. The fourth-order valence-corrected chi connectivity index (χ4v) is 4.34. The summed E-state index contributed by atoms with van der Waals surface area (Å²) in [6.07, 6.45) is 1.77. The minimum atomic E-state index is -3.78. The number of imidazole rings is 1. The summed E-state index contributed by atoms with van der Waals surface area (Å²) in [5.74, 6) is 0.169. The molecule has 0 aliphatic heterocycles. The van der Waals surface area contributed by atoms with Crippen molar-refractivity contribution in [3.8, 4) is 0 Å². The van der Waals surface area contributed by atoms with Gasteiger partial charge in [-0.2, -0.15) is 0 Å². The summed E-state index contributed by atoms with van der Waals surface area (Å²) in [5, 5.41) is 8.83. The monoisotopic (exact) mass is 432 g/mol. The summed E-state index contributed by atoms with van der Waals surface area (Å²) in [7, 11) is -1.95. The molecular formula is C20H24N4O3S2. The molecule has 1 unspecified atom stereocenters. The number of amides is 1. The molecule has 0 aliphatic carbocycles. The Bertz CT molecular complexity index is 1110. The van der Waals surface area contributed by atoms with Gasteiger partial charge < -0.3 is 9.88 Å². The van der Waals surface area contributed by atoms with Gasteiger partial charge in [0.2, 0.25) is 15.9 Å². The first-order valence-corrected chi connectivity index (χ1v) is 11.7. The molecule has 0 saturated carbocycles. The molecule has 3 aromatic rings. The van der Waals surface area contributed by atoms with Crippen LogP contribution >= 0.6 is 11.8 Å². The van der Waals surface area contributed by atoms with Crippen molar-refractivity contribution >= 4 is 38.7 Å². The highest BCUT2D eigenvalue weighted by Crippen LogP contribution is 2.24. The number of carbonyl (C=O) groups excluding carboxylic acids is 1. The molecule has 1 heterocycles. The number of benzene rings is 2. The van der Waals surface area contributed by atoms with Crippen LogP contribution in [0.5, 0.6) is 0 Å². The van der Waals surface area contributed by atoms with E-state index in [-0.39, 0.29) is 22.6 Å². The number of aryl methyl sites for hydroxylation is 2. The minimum absolute atomic E-state index is 0.0182. The molecular weight excluding hydrogens is 408 g/mol. The van der Waals surface area contributed by atoms with Crippen LogP contribution in [0.15, 0.2) is 58.6 Å². The standard InChI is InChI=1S/C20H24N4O3S2/c1-14(8-9-15-6-4-3-5-7-15)22-19(25)13-28-20-23-17-12-16(29(21,26)27)10-11-18(17)24(20)2/h3-7,10-12,14H,8-9,13H2,1-2H3,(H,22,25)(H2,21,26,27). The molecule has 1 amide bonds. The van der Waals surface area contributed by atoms with Crippen molar-refractivity contribution in [3.63, 3.8) is 0 Å². The normalized spacial score (nSPS) is 12.8. The second kappa shape index (κ2) is 8.98. The molecule has 1 aromatic heterocycles. The number of hydrogen-bond donors (Lipinski definition) is 2. The summed E-state index contributed by atoms with van der Waals surface area (Å²) < 4.78 is 24.9. The maximum absolute atomic E-state index is 12.3. The lowest BCUT2D eigenvalue weighted by Crippen LogP contribution is -2.34. The molecule has 0 aliphatic rings. The number of rotatable bonds is 8. The Morgan fingerprint density at radius 3 is 2.66 bits per heavy atom. The van der Waals surface area contributed by atoms with Crippen molar-refractivity contribution in [2.75, 3.05) is 5.75 Å². The van der Waals surface area contributed by atoms with Crippen LogP contribution in [-0.2, 0) is 28.3 Å². The zero-order valence-corrected chi connectivity index (χ0v) is 18.0. The van der Waals surface area contributed by atoms with Gasteiger partial charge in [0, 0.05) is 13.1 Å². The minimum Gasteiger partial charge on any atom is -0.353 e. The molecule has 154 valence electrons. The number of sulfonamides is 1. The summed E-state index contributed by atoms with van der Waals surface area (Å²) in [5.41, 5.74) is 2.55. The first-order valence-electron chi connectivity index (χ1n) is 9.19. The van der Waals surface area contributed by atoms with Gasteiger partial charge in [-0.3, -0.25) is 4.79 Å². The fourth-order valence-electron chi connectivity index (χ4n) is 3.01.